The summed E-state index contributed by atoms with van der Waals surface area (Å²) in [7, 11) is 1.71. The first-order valence-electron chi connectivity index (χ1n) is 8.86. The summed E-state index contributed by atoms with van der Waals surface area (Å²) in [6.45, 7) is 1.39. The lowest BCUT2D eigenvalue weighted by Crippen LogP contribution is -2.07. The van der Waals surface area contributed by atoms with E-state index in [1.165, 1.54) is 19.2 Å². The number of nitrogens with one attached hydrogen (secondary N) is 2. The largest absolute Gasteiger partial charge is 0.439 e. The molecule has 0 aliphatic carbocycles. The fourth-order valence-electron chi connectivity index (χ4n) is 2.77. The van der Waals surface area contributed by atoms with Crippen LogP contribution in [-0.4, -0.2) is 25.4 Å². The summed E-state index contributed by atoms with van der Waals surface area (Å²) in [4.78, 5) is 24.0. The molecule has 4 aromatic rings. The molecule has 0 radical (unpaired) electrons. The second-order valence-electron chi connectivity index (χ2n) is 6.40. The van der Waals surface area contributed by atoms with Crippen molar-refractivity contribution in [2.75, 3.05) is 10.6 Å². The second kappa shape index (κ2) is 7.74. The first-order chi connectivity index (χ1) is 14.4. The van der Waals surface area contributed by atoms with Crippen LogP contribution in [0.1, 0.15) is 6.92 Å². The number of imidazole rings is 1. The molecule has 0 aliphatic rings. The maximum atomic E-state index is 13.9. The van der Waals surface area contributed by atoms with E-state index in [2.05, 4.69) is 25.6 Å². The Labute approximate surface area is 169 Å². The lowest BCUT2D eigenvalue weighted by molar-refractivity contribution is -0.114. The van der Waals surface area contributed by atoms with Gasteiger partial charge < -0.3 is 15.4 Å². The quantitative estimate of drug-likeness (QED) is 0.514. The number of carbonyl (C=O) groups is 1. The zero-order valence-corrected chi connectivity index (χ0v) is 16.0. The summed E-state index contributed by atoms with van der Waals surface area (Å²) in [5, 5.41) is 5.41. The van der Waals surface area contributed by atoms with Crippen molar-refractivity contribution in [3.63, 3.8) is 0 Å². The number of ether oxygens (including phenoxy) is 1. The Morgan fingerprint density at radius 2 is 1.93 bits per heavy atom. The van der Waals surface area contributed by atoms with E-state index in [1.807, 2.05) is 0 Å². The third kappa shape index (κ3) is 4.02. The number of hydrogen-bond acceptors (Lipinski definition) is 6. The lowest BCUT2D eigenvalue weighted by atomic mass is 10.3. The van der Waals surface area contributed by atoms with Gasteiger partial charge >= 0.3 is 0 Å². The fourth-order valence-corrected chi connectivity index (χ4v) is 2.77. The fraction of sp³-hybridized carbons (Fsp3) is 0.100. The zero-order chi connectivity index (χ0) is 21.3. The van der Waals surface area contributed by atoms with E-state index in [1.54, 1.807) is 35.9 Å². The molecule has 0 saturated carbocycles. The maximum absolute atomic E-state index is 13.9. The van der Waals surface area contributed by atoms with Gasteiger partial charge in [-0.2, -0.15) is 4.98 Å². The molecule has 4 rings (SSSR count). The summed E-state index contributed by atoms with van der Waals surface area (Å²) in [5.41, 5.74) is 1.14. The van der Waals surface area contributed by atoms with Crippen molar-refractivity contribution in [1.82, 2.24) is 19.5 Å². The highest BCUT2D eigenvalue weighted by Crippen LogP contribution is 2.26. The van der Waals surface area contributed by atoms with Crippen molar-refractivity contribution in [1.29, 1.82) is 0 Å². The van der Waals surface area contributed by atoms with Crippen molar-refractivity contribution in [2.45, 2.75) is 6.92 Å². The summed E-state index contributed by atoms with van der Waals surface area (Å²) < 4.78 is 34.4. The Morgan fingerprint density at radius 1 is 1.10 bits per heavy atom. The van der Waals surface area contributed by atoms with E-state index >= 15 is 0 Å². The van der Waals surface area contributed by atoms with Crippen molar-refractivity contribution >= 4 is 34.5 Å². The molecule has 8 nitrogen and oxygen atoms in total. The third-order valence-electron chi connectivity index (χ3n) is 4.13. The molecule has 1 aromatic carbocycles. The monoisotopic (exact) mass is 410 g/mol. The zero-order valence-electron chi connectivity index (χ0n) is 16.0. The molecule has 1 amide bonds. The predicted octanol–water partition coefficient (Wildman–Crippen LogP) is 4.14. The Bertz CT molecular complexity index is 1260. The molecule has 0 bridgehead atoms. The molecule has 3 aromatic heterocycles. The number of aryl methyl sites for hydroxylation is 1. The summed E-state index contributed by atoms with van der Waals surface area (Å²) >= 11 is 0. The van der Waals surface area contributed by atoms with Gasteiger partial charge in [-0.15, -0.1) is 0 Å². The van der Waals surface area contributed by atoms with Gasteiger partial charge in [-0.05, 0) is 24.3 Å². The minimum Gasteiger partial charge on any atom is -0.439 e. The molecule has 0 unspecified atom stereocenters. The number of pyridine rings is 2. The number of amides is 1. The minimum atomic E-state index is -0.730. The van der Waals surface area contributed by atoms with Crippen LogP contribution < -0.4 is 15.4 Å². The first-order valence-corrected chi connectivity index (χ1v) is 8.86. The van der Waals surface area contributed by atoms with Gasteiger partial charge in [-0.1, -0.05) is 0 Å². The molecule has 0 atom stereocenters. The molecule has 10 heteroatoms. The number of aromatic nitrogens is 4. The van der Waals surface area contributed by atoms with Gasteiger partial charge in [0.15, 0.2) is 5.65 Å². The van der Waals surface area contributed by atoms with Crippen LogP contribution in [0.3, 0.4) is 0 Å². The molecule has 0 aliphatic heterocycles. The van der Waals surface area contributed by atoms with E-state index in [9.17, 15) is 13.6 Å². The summed E-state index contributed by atoms with van der Waals surface area (Å²) in [5.74, 6) is -0.214. The Balaban J connectivity index is 1.60. The van der Waals surface area contributed by atoms with E-state index in [0.29, 0.717) is 34.6 Å². The molecule has 30 heavy (non-hydrogen) atoms. The normalized spacial score (nSPS) is 10.8. The number of hydrogen-bond donors (Lipinski definition) is 2. The van der Waals surface area contributed by atoms with Crippen LogP contribution in [0.15, 0.2) is 48.7 Å². The van der Waals surface area contributed by atoms with Crippen LogP contribution in [0.25, 0.3) is 11.2 Å². The molecule has 0 spiro atoms. The average molecular weight is 410 g/mol. The van der Waals surface area contributed by atoms with Crippen molar-refractivity contribution in [3.8, 4) is 11.6 Å². The van der Waals surface area contributed by atoms with E-state index < -0.39 is 11.6 Å². The molecule has 152 valence electrons. The highest BCUT2D eigenvalue weighted by atomic mass is 19.1. The predicted molar refractivity (Wildman–Crippen MR) is 107 cm³/mol. The van der Waals surface area contributed by atoms with Crippen LogP contribution in [0, 0.1) is 11.6 Å². The van der Waals surface area contributed by atoms with E-state index in [4.69, 9.17) is 4.74 Å². The Kier molecular flexibility index (Phi) is 4.97. The van der Waals surface area contributed by atoms with Gasteiger partial charge in [0.2, 0.25) is 17.7 Å². The number of anilines is 3. The lowest BCUT2D eigenvalue weighted by Gasteiger charge is -2.08. The maximum Gasteiger partial charge on any atom is 0.222 e. The van der Waals surface area contributed by atoms with Crippen molar-refractivity contribution < 1.29 is 18.3 Å². The molecule has 0 saturated heterocycles. The molecule has 2 N–H and O–H groups in total. The number of nitrogens with zero attached hydrogens (tertiary/aromatic N) is 4. The Morgan fingerprint density at radius 3 is 2.70 bits per heavy atom. The number of carbonyl (C=O) groups excluding carboxylic acids is 1. The van der Waals surface area contributed by atoms with Gasteiger partial charge in [-0.25, -0.2) is 18.7 Å². The molecular formula is C20H16F2N6O2. The van der Waals surface area contributed by atoms with Crippen LogP contribution in [0.2, 0.25) is 0 Å². The van der Waals surface area contributed by atoms with Gasteiger partial charge in [0.05, 0.1) is 5.69 Å². The number of halogens is 2. The SMILES string of the molecule is CC(=O)Nc1cc(Oc2ccc3nc(Nc4ccc(F)cc4F)n(C)c3n2)ccn1. The van der Waals surface area contributed by atoms with Crippen LogP contribution in [0.4, 0.5) is 26.2 Å². The number of benzene rings is 1. The number of fused-ring (bicyclic) bond motifs is 1. The van der Waals surface area contributed by atoms with Gasteiger partial charge in [0.25, 0.3) is 0 Å². The number of rotatable bonds is 5. The first kappa shape index (κ1) is 19.2. The van der Waals surface area contributed by atoms with Crippen molar-refractivity contribution in [3.05, 3.63) is 60.3 Å². The van der Waals surface area contributed by atoms with Crippen LogP contribution in [-0.2, 0) is 11.8 Å². The van der Waals surface area contributed by atoms with Crippen molar-refractivity contribution in [2.24, 2.45) is 7.05 Å². The molecule has 3 heterocycles. The molecular weight excluding hydrogens is 394 g/mol. The van der Waals surface area contributed by atoms with Gasteiger partial charge in [-0.3, -0.25) is 9.36 Å². The van der Waals surface area contributed by atoms with E-state index in [0.717, 1.165) is 12.1 Å². The third-order valence-corrected chi connectivity index (χ3v) is 4.13. The highest BCUT2D eigenvalue weighted by Gasteiger charge is 2.13. The average Bonchev–Trinajstić information content (AvgIpc) is 2.99. The summed E-state index contributed by atoms with van der Waals surface area (Å²) in [6, 6.07) is 9.78. The van der Waals surface area contributed by atoms with E-state index in [-0.39, 0.29) is 11.6 Å². The van der Waals surface area contributed by atoms with Gasteiger partial charge in [0, 0.05) is 38.4 Å². The molecule has 0 fully saturated rings. The highest BCUT2D eigenvalue weighted by molar-refractivity contribution is 5.87. The standard InChI is InChI=1S/C20H16F2N6O2/c1-11(29)24-17-10-13(7-8-23-17)30-18-6-5-16-19(27-18)28(2)20(26-16)25-15-4-3-12(21)9-14(15)22/h3-10H,1-2H3,(H,25,26)(H,23,24,29). The van der Waals surface area contributed by atoms with Crippen LogP contribution in [0.5, 0.6) is 11.6 Å². The summed E-state index contributed by atoms with van der Waals surface area (Å²) in [6.07, 6.45) is 1.50. The second-order valence-corrected chi connectivity index (χ2v) is 6.40. The Hall–Kier alpha value is -4.08. The smallest absolute Gasteiger partial charge is 0.222 e. The van der Waals surface area contributed by atoms with Crippen LogP contribution >= 0.6 is 0 Å². The van der Waals surface area contributed by atoms with Gasteiger partial charge in [0.1, 0.15) is 28.7 Å². The minimum absolute atomic E-state index is 0.0913. The topological polar surface area (TPSA) is 94.0 Å².